The van der Waals surface area contributed by atoms with Crippen LogP contribution in [-0.2, 0) is 11.3 Å². The highest BCUT2D eigenvalue weighted by atomic mass is 16.2. The van der Waals surface area contributed by atoms with E-state index in [9.17, 15) is 4.79 Å². The lowest BCUT2D eigenvalue weighted by Crippen LogP contribution is -2.47. The van der Waals surface area contributed by atoms with Crippen LogP contribution in [0.5, 0.6) is 0 Å². The number of carbonyl (C=O) groups is 1. The second-order valence-corrected chi connectivity index (χ2v) is 5.56. The van der Waals surface area contributed by atoms with Crippen LogP contribution in [0, 0.1) is 0 Å². The molecule has 1 heterocycles. The molecular weight excluding hydrogens is 290 g/mol. The summed E-state index contributed by atoms with van der Waals surface area (Å²) < 4.78 is 0. The highest BCUT2D eigenvalue weighted by Gasteiger charge is 2.15. The first-order chi connectivity index (χ1) is 11.2. The zero-order valence-corrected chi connectivity index (χ0v) is 14.1. The largest absolute Gasteiger partial charge is 0.360 e. The van der Waals surface area contributed by atoms with E-state index < -0.39 is 0 Å². The molecule has 2 rings (SSSR count). The molecule has 1 amide bonds. The molecule has 0 atom stereocenters. The van der Waals surface area contributed by atoms with Gasteiger partial charge in [0.1, 0.15) is 0 Å². The van der Waals surface area contributed by atoms with Crippen LogP contribution in [0.1, 0.15) is 25.8 Å². The van der Waals surface area contributed by atoms with Crippen LogP contribution in [0.15, 0.2) is 29.3 Å². The lowest BCUT2D eigenvalue weighted by Gasteiger charge is -2.28. The zero-order valence-electron chi connectivity index (χ0n) is 14.1. The van der Waals surface area contributed by atoms with Crippen molar-refractivity contribution in [3.05, 3.63) is 29.8 Å². The van der Waals surface area contributed by atoms with Gasteiger partial charge in [-0.25, -0.2) is 4.99 Å². The number of rotatable bonds is 6. The molecule has 0 aliphatic carbocycles. The predicted octanol–water partition coefficient (Wildman–Crippen LogP) is 1.09. The molecular formula is C17H27N5O. The molecule has 6 heteroatoms. The summed E-state index contributed by atoms with van der Waals surface area (Å²) in [5.74, 6) is 0.938. The van der Waals surface area contributed by atoms with Gasteiger partial charge in [0.25, 0.3) is 0 Å². The molecule has 0 bridgehead atoms. The van der Waals surface area contributed by atoms with Gasteiger partial charge in [-0.3, -0.25) is 4.79 Å². The number of benzene rings is 1. The summed E-state index contributed by atoms with van der Waals surface area (Å²) in [6, 6.07) is 8.29. The van der Waals surface area contributed by atoms with Crippen LogP contribution in [0.4, 0.5) is 5.69 Å². The smallest absolute Gasteiger partial charge is 0.239 e. The molecule has 1 saturated heterocycles. The monoisotopic (exact) mass is 317 g/mol. The SMILES string of the molecule is CCCNC(=NCc1ccc(N2CCNC(=O)C2)cc1)NCC. The summed E-state index contributed by atoms with van der Waals surface area (Å²) in [6.07, 6.45) is 1.07. The molecule has 0 saturated carbocycles. The minimum atomic E-state index is 0.0854. The van der Waals surface area contributed by atoms with Gasteiger partial charge in [0, 0.05) is 31.9 Å². The highest BCUT2D eigenvalue weighted by molar-refractivity contribution is 5.82. The van der Waals surface area contributed by atoms with Crippen LogP contribution in [-0.4, -0.2) is 44.6 Å². The fourth-order valence-electron chi connectivity index (χ4n) is 2.43. The van der Waals surface area contributed by atoms with E-state index >= 15 is 0 Å². The van der Waals surface area contributed by atoms with Crippen molar-refractivity contribution < 1.29 is 4.79 Å². The summed E-state index contributed by atoms with van der Waals surface area (Å²) >= 11 is 0. The average Bonchev–Trinajstić information content (AvgIpc) is 2.58. The lowest BCUT2D eigenvalue weighted by atomic mass is 10.2. The molecule has 1 aliphatic heterocycles. The third kappa shape index (κ3) is 5.47. The first kappa shape index (κ1) is 17.1. The van der Waals surface area contributed by atoms with Gasteiger partial charge in [-0.2, -0.15) is 0 Å². The average molecular weight is 317 g/mol. The molecule has 126 valence electrons. The van der Waals surface area contributed by atoms with E-state index in [2.05, 4.69) is 64.0 Å². The molecule has 0 aromatic heterocycles. The van der Waals surface area contributed by atoms with Crippen molar-refractivity contribution in [2.75, 3.05) is 37.6 Å². The first-order valence-electron chi connectivity index (χ1n) is 8.35. The number of anilines is 1. The van der Waals surface area contributed by atoms with Gasteiger partial charge in [-0.1, -0.05) is 19.1 Å². The van der Waals surface area contributed by atoms with Gasteiger partial charge in [-0.05, 0) is 31.0 Å². The molecule has 1 aromatic carbocycles. The molecule has 6 nitrogen and oxygen atoms in total. The summed E-state index contributed by atoms with van der Waals surface area (Å²) in [5, 5.41) is 9.38. The Morgan fingerprint density at radius 3 is 2.70 bits per heavy atom. The Labute approximate surface area is 138 Å². The van der Waals surface area contributed by atoms with Gasteiger partial charge in [0.05, 0.1) is 13.1 Å². The van der Waals surface area contributed by atoms with Crippen LogP contribution < -0.4 is 20.9 Å². The molecule has 1 aromatic rings. The van der Waals surface area contributed by atoms with E-state index in [-0.39, 0.29) is 5.91 Å². The number of carbonyl (C=O) groups excluding carboxylic acids is 1. The molecule has 0 unspecified atom stereocenters. The Hall–Kier alpha value is -2.24. The number of aliphatic imine (C=N–C) groups is 1. The lowest BCUT2D eigenvalue weighted by molar-refractivity contribution is -0.120. The van der Waals surface area contributed by atoms with Gasteiger partial charge in [0.2, 0.25) is 5.91 Å². The van der Waals surface area contributed by atoms with Crippen molar-refractivity contribution in [3.8, 4) is 0 Å². The fraction of sp³-hybridized carbons (Fsp3) is 0.529. The molecule has 23 heavy (non-hydrogen) atoms. The fourth-order valence-corrected chi connectivity index (χ4v) is 2.43. The molecule has 1 fully saturated rings. The van der Waals surface area contributed by atoms with E-state index in [1.54, 1.807) is 0 Å². The topological polar surface area (TPSA) is 68.8 Å². The number of amides is 1. The molecule has 0 spiro atoms. The molecule has 1 aliphatic rings. The minimum absolute atomic E-state index is 0.0854. The van der Waals surface area contributed by atoms with E-state index in [1.165, 1.54) is 0 Å². The summed E-state index contributed by atoms with van der Waals surface area (Å²) in [6.45, 7) is 8.60. The van der Waals surface area contributed by atoms with E-state index in [4.69, 9.17) is 0 Å². The first-order valence-corrected chi connectivity index (χ1v) is 8.35. The standard InChI is InChI=1S/C17H27N5O/c1-3-9-20-17(18-4-2)21-12-14-5-7-15(8-6-14)22-11-10-19-16(23)13-22/h5-8H,3-4,9-13H2,1-2H3,(H,19,23)(H2,18,20,21). The maximum absolute atomic E-state index is 11.5. The Kier molecular flexibility index (Phi) is 6.72. The third-order valence-electron chi connectivity index (χ3n) is 3.65. The Morgan fingerprint density at radius 1 is 1.26 bits per heavy atom. The van der Waals surface area contributed by atoms with Crippen LogP contribution in [0.25, 0.3) is 0 Å². The van der Waals surface area contributed by atoms with E-state index in [0.29, 0.717) is 19.6 Å². The van der Waals surface area contributed by atoms with Crippen LogP contribution in [0.3, 0.4) is 0 Å². The van der Waals surface area contributed by atoms with Crippen molar-refractivity contribution in [2.45, 2.75) is 26.8 Å². The quantitative estimate of drug-likeness (QED) is 0.543. The molecule has 0 radical (unpaired) electrons. The van der Waals surface area contributed by atoms with Gasteiger partial charge >= 0.3 is 0 Å². The second-order valence-electron chi connectivity index (χ2n) is 5.56. The van der Waals surface area contributed by atoms with Crippen molar-refractivity contribution in [3.63, 3.8) is 0 Å². The number of nitrogens with zero attached hydrogens (tertiary/aromatic N) is 2. The Balaban J connectivity index is 1.94. The third-order valence-corrected chi connectivity index (χ3v) is 3.65. The Morgan fingerprint density at radius 2 is 2.04 bits per heavy atom. The maximum atomic E-state index is 11.5. The predicted molar refractivity (Wildman–Crippen MR) is 94.8 cm³/mol. The summed E-state index contributed by atoms with van der Waals surface area (Å²) in [7, 11) is 0. The van der Waals surface area contributed by atoms with Crippen molar-refractivity contribution in [1.82, 2.24) is 16.0 Å². The highest BCUT2D eigenvalue weighted by Crippen LogP contribution is 2.16. The number of hydrogen-bond acceptors (Lipinski definition) is 3. The van der Waals surface area contributed by atoms with Crippen molar-refractivity contribution in [2.24, 2.45) is 4.99 Å². The summed E-state index contributed by atoms with van der Waals surface area (Å²) in [5.41, 5.74) is 2.24. The van der Waals surface area contributed by atoms with Crippen molar-refractivity contribution >= 4 is 17.6 Å². The minimum Gasteiger partial charge on any atom is -0.360 e. The second kappa shape index (κ2) is 9.02. The normalized spacial score (nSPS) is 15.3. The number of hydrogen-bond donors (Lipinski definition) is 3. The van der Waals surface area contributed by atoms with Gasteiger partial charge in [-0.15, -0.1) is 0 Å². The summed E-state index contributed by atoms with van der Waals surface area (Å²) in [4.78, 5) is 18.1. The van der Waals surface area contributed by atoms with Gasteiger partial charge in [0.15, 0.2) is 5.96 Å². The number of guanidine groups is 1. The Bertz CT molecular complexity index is 526. The maximum Gasteiger partial charge on any atom is 0.239 e. The number of piperazine rings is 1. The van der Waals surface area contributed by atoms with E-state index in [1.807, 2.05) is 0 Å². The number of nitrogens with one attached hydrogen (secondary N) is 3. The zero-order chi connectivity index (χ0) is 16.5. The van der Waals surface area contributed by atoms with Crippen LogP contribution in [0.2, 0.25) is 0 Å². The van der Waals surface area contributed by atoms with E-state index in [0.717, 1.165) is 43.3 Å². The van der Waals surface area contributed by atoms with Gasteiger partial charge < -0.3 is 20.9 Å². The van der Waals surface area contributed by atoms with Crippen molar-refractivity contribution in [1.29, 1.82) is 0 Å². The molecule has 3 N–H and O–H groups in total. The van der Waals surface area contributed by atoms with Crippen LogP contribution >= 0.6 is 0 Å².